The number of carbonyl (C=O) groups excluding carboxylic acids is 1. The van der Waals surface area contributed by atoms with E-state index in [1.54, 1.807) is 13.2 Å². The van der Waals surface area contributed by atoms with Gasteiger partial charge < -0.3 is 24.8 Å². The molecule has 3 rings (SSSR count). The first-order chi connectivity index (χ1) is 11.2. The molecule has 6 nitrogen and oxygen atoms in total. The average molecular weight is 314 g/mol. The second kappa shape index (κ2) is 7.02. The zero-order valence-electron chi connectivity index (χ0n) is 12.8. The Kier molecular flexibility index (Phi) is 4.63. The van der Waals surface area contributed by atoms with Gasteiger partial charge in [-0.15, -0.1) is 0 Å². The summed E-state index contributed by atoms with van der Waals surface area (Å²) in [6, 6.07) is 13.0. The van der Waals surface area contributed by atoms with Crippen LogP contribution in [0, 0.1) is 0 Å². The summed E-state index contributed by atoms with van der Waals surface area (Å²) in [5, 5.41) is 5.92. The number of hydrogen-bond acceptors (Lipinski definition) is 5. The predicted molar refractivity (Wildman–Crippen MR) is 85.9 cm³/mol. The summed E-state index contributed by atoms with van der Waals surface area (Å²) in [6.07, 6.45) is 0. The van der Waals surface area contributed by atoms with E-state index in [0.717, 1.165) is 17.1 Å². The van der Waals surface area contributed by atoms with Gasteiger partial charge in [-0.3, -0.25) is 4.79 Å². The zero-order chi connectivity index (χ0) is 16.1. The van der Waals surface area contributed by atoms with Crippen LogP contribution in [0.3, 0.4) is 0 Å². The largest absolute Gasteiger partial charge is 0.497 e. The van der Waals surface area contributed by atoms with Crippen molar-refractivity contribution in [2.24, 2.45) is 0 Å². The number of amides is 1. The molecular formula is C17H18N2O4. The van der Waals surface area contributed by atoms with Crippen molar-refractivity contribution in [3.05, 3.63) is 48.0 Å². The number of benzene rings is 2. The van der Waals surface area contributed by atoms with E-state index in [9.17, 15) is 4.79 Å². The maximum atomic E-state index is 11.9. The van der Waals surface area contributed by atoms with Gasteiger partial charge in [0.2, 0.25) is 12.7 Å². The summed E-state index contributed by atoms with van der Waals surface area (Å²) >= 11 is 0. The van der Waals surface area contributed by atoms with Crippen LogP contribution in [0.25, 0.3) is 0 Å². The maximum absolute atomic E-state index is 11.9. The van der Waals surface area contributed by atoms with E-state index in [1.165, 1.54) is 0 Å². The van der Waals surface area contributed by atoms with E-state index < -0.39 is 0 Å². The molecular weight excluding hydrogens is 296 g/mol. The van der Waals surface area contributed by atoms with Crippen LogP contribution in [0.15, 0.2) is 42.5 Å². The normalized spacial score (nSPS) is 12.0. The second-order valence-corrected chi connectivity index (χ2v) is 5.07. The lowest BCUT2D eigenvalue weighted by Crippen LogP contribution is -2.27. The first-order valence-electron chi connectivity index (χ1n) is 7.28. The second-order valence-electron chi connectivity index (χ2n) is 5.07. The first kappa shape index (κ1) is 15.2. The number of fused-ring (bicyclic) bond motifs is 1. The molecule has 1 heterocycles. The highest BCUT2D eigenvalue weighted by Gasteiger charge is 2.13. The van der Waals surface area contributed by atoms with Crippen molar-refractivity contribution in [2.45, 2.75) is 6.54 Å². The van der Waals surface area contributed by atoms with Crippen LogP contribution in [0.4, 0.5) is 5.69 Å². The van der Waals surface area contributed by atoms with Gasteiger partial charge in [-0.05, 0) is 29.8 Å². The molecule has 1 aliphatic rings. The van der Waals surface area contributed by atoms with Crippen molar-refractivity contribution >= 4 is 11.6 Å². The highest BCUT2D eigenvalue weighted by Crippen LogP contribution is 2.32. The number of nitrogens with one attached hydrogen (secondary N) is 2. The minimum atomic E-state index is -0.112. The topological polar surface area (TPSA) is 68.8 Å². The Balaban J connectivity index is 1.47. The van der Waals surface area contributed by atoms with Crippen molar-refractivity contribution in [1.82, 2.24) is 5.32 Å². The van der Waals surface area contributed by atoms with E-state index in [1.807, 2.05) is 36.4 Å². The lowest BCUT2D eigenvalue weighted by molar-refractivity contribution is -0.115. The van der Waals surface area contributed by atoms with Crippen LogP contribution in [-0.4, -0.2) is 26.4 Å². The third-order valence-electron chi connectivity index (χ3n) is 3.41. The smallest absolute Gasteiger partial charge is 0.238 e. The van der Waals surface area contributed by atoms with E-state index in [-0.39, 0.29) is 19.2 Å². The van der Waals surface area contributed by atoms with E-state index in [2.05, 4.69) is 10.6 Å². The molecule has 0 spiro atoms. The summed E-state index contributed by atoms with van der Waals surface area (Å²) < 4.78 is 15.7. The Hall–Kier alpha value is -2.73. The van der Waals surface area contributed by atoms with Crippen LogP contribution in [0.5, 0.6) is 17.2 Å². The van der Waals surface area contributed by atoms with Gasteiger partial charge in [0.05, 0.1) is 13.7 Å². The third kappa shape index (κ3) is 3.92. The molecule has 23 heavy (non-hydrogen) atoms. The molecule has 0 aromatic heterocycles. The van der Waals surface area contributed by atoms with Crippen LogP contribution in [0.1, 0.15) is 5.56 Å². The Bertz CT molecular complexity index is 703. The van der Waals surface area contributed by atoms with Gasteiger partial charge in [0, 0.05) is 18.3 Å². The fourth-order valence-electron chi connectivity index (χ4n) is 2.28. The lowest BCUT2D eigenvalue weighted by Gasteiger charge is -2.08. The van der Waals surface area contributed by atoms with Crippen molar-refractivity contribution in [3.8, 4) is 17.2 Å². The summed E-state index contributed by atoms with van der Waals surface area (Å²) in [7, 11) is 1.59. The minimum Gasteiger partial charge on any atom is -0.497 e. The fourth-order valence-corrected chi connectivity index (χ4v) is 2.28. The van der Waals surface area contributed by atoms with E-state index in [4.69, 9.17) is 14.2 Å². The lowest BCUT2D eigenvalue weighted by atomic mass is 10.2. The maximum Gasteiger partial charge on any atom is 0.238 e. The van der Waals surface area contributed by atoms with Crippen molar-refractivity contribution < 1.29 is 19.0 Å². The van der Waals surface area contributed by atoms with Gasteiger partial charge >= 0.3 is 0 Å². The fraction of sp³-hybridized carbons (Fsp3) is 0.235. The molecule has 6 heteroatoms. The number of hydrogen-bond donors (Lipinski definition) is 2. The highest BCUT2D eigenvalue weighted by molar-refractivity contribution is 5.92. The molecule has 0 aliphatic carbocycles. The molecule has 0 unspecified atom stereocenters. The number of methoxy groups -OCH3 is 1. The van der Waals surface area contributed by atoms with Crippen LogP contribution in [0.2, 0.25) is 0 Å². The Labute approximate surface area is 134 Å². The number of anilines is 1. The van der Waals surface area contributed by atoms with Gasteiger partial charge in [-0.25, -0.2) is 0 Å². The van der Waals surface area contributed by atoms with Crippen LogP contribution < -0.4 is 24.8 Å². The molecule has 1 amide bonds. The number of rotatable bonds is 6. The molecule has 0 bridgehead atoms. The number of ether oxygens (including phenoxy) is 3. The summed E-state index contributed by atoms with van der Waals surface area (Å²) in [5.41, 5.74) is 1.74. The van der Waals surface area contributed by atoms with Gasteiger partial charge in [0.25, 0.3) is 0 Å². The van der Waals surface area contributed by atoms with Crippen molar-refractivity contribution in [3.63, 3.8) is 0 Å². The molecule has 0 saturated carbocycles. The minimum absolute atomic E-state index is 0.112. The van der Waals surface area contributed by atoms with E-state index >= 15 is 0 Å². The molecule has 1 aliphatic heterocycles. The van der Waals surface area contributed by atoms with Crippen molar-refractivity contribution in [2.75, 3.05) is 25.8 Å². The summed E-state index contributed by atoms with van der Waals surface area (Å²) in [6.45, 7) is 1.04. The highest BCUT2D eigenvalue weighted by atomic mass is 16.7. The molecule has 2 aromatic rings. The average Bonchev–Trinajstić information content (AvgIpc) is 3.02. The van der Waals surface area contributed by atoms with E-state index in [0.29, 0.717) is 18.0 Å². The molecule has 0 radical (unpaired) electrons. The Morgan fingerprint density at radius 1 is 1.17 bits per heavy atom. The monoisotopic (exact) mass is 314 g/mol. The third-order valence-corrected chi connectivity index (χ3v) is 3.41. The van der Waals surface area contributed by atoms with Gasteiger partial charge in [-0.1, -0.05) is 12.1 Å². The number of carbonyl (C=O) groups is 1. The molecule has 0 saturated heterocycles. The predicted octanol–water partition coefficient (Wildman–Crippen LogP) is 2.15. The molecule has 2 N–H and O–H groups in total. The summed E-state index contributed by atoms with van der Waals surface area (Å²) in [5.74, 6) is 2.09. The quantitative estimate of drug-likeness (QED) is 0.855. The zero-order valence-corrected chi connectivity index (χ0v) is 12.8. The molecule has 0 fully saturated rings. The molecule has 120 valence electrons. The Morgan fingerprint density at radius 3 is 2.91 bits per heavy atom. The van der Waals surface area contributed by atoms with Crippen LogP contribution >= 0.6 is 0 Å². The molecule has 2 aromatic carbocycles. The Morgan fingerprint density at radius 2 is 2.04 bits per heavy atom. The van der Waals surface area contributed by atoms with Crippen LogP contribution in [-0.2, 0) is 11.3 Å². The van der Waals surface area contributed by atoms with Gasteiger partial charge in [0.1, 0.15) is 5.75 Å². The molecule has 0 atom stereocenters. The SMILES string of the molecule is COc1cccc(NC(=O)CNCc2ccc3c(c2)OCO3)c1. The summed E-state index contributed by atoms with van der Waals surface area (Å²) in [4.78, 5) is 11.9. The van der Waals surface area contributed by atoms with Crippen molar-refractivity contribution in [1.29, 1.82) is 0 Å². The van der Waals surface area contributed by atoms with Gasteiger partial charge in [-0.2, -0.15) is 0 Å². The standard InChI is InChI=1S/C17H18N2O4/c1-21-14-4-2-3-13(8-14)19-17(20)10-18-9-12-5-6-15-16(7-12)23-11-22-15/h2-8,18H,9-11H2,1H3,(H,19,20). The first-order valence-corrected chi connectivity index (χ1v) is 7.28. The van der Waals surface area contributed by atoms with Gasteiger partial charge in [0.15, 0.2) is 11.5 Å².